The van der Waals surface area contributed by atoms with Gasteiger partial charge in [-0.2, -0.15) is 0 Å². The molecule has 27 heavy (non-hydrogen) atoms. The summed E-state index contributed by atoms with van der Waals surface area (Å²) in [6, 6.07) is 5.68. The second kappa shape index (κ2) is 7.61. The molecule has 2 heterocycles. The van der Waals surface area contributed by atoms with Crippen molar-refractivity contribution in [3.05, 3.63) is 61.3 Å². The summed E-state index contributed by atoms with van der Waals surface area (Å²) in [5.74, 6) is 0.453. The van der Waals surface area contributed by atoms with E-state index in [4.69, 9.17) is 33.9 Å². The number of halogens is 3. The number of nitrogens with zero attached hydrogens (tertiary/aromatic N) is 2. The standard InChI is InChI=1S/C20H20BrCl2N3O/c21-14-7-13-2-1-12-8-15(22)9-16(23)17(12)18(19(13)25-10-14)11-3-5-26(6-4-11)20(24)27/h7-11,18H,1-6H2,(H2,24,27). The summed E-state index contributed by atoms with van der Waals surface area (Å²) in [6.07, 6.45) is 5.41. The summed E-state index contributed by atoms with van der Waals surface area (Å²) in [5, 5.41) is 1.37. The van der Waals surface area contributed by atoms with Gasteiger partial charge in [-0.15, -0.1) is 0 Å². The van der Waals surface area contributed by atoms with Gasteiger partial charge in [-0.05, 0) is 82.4 Å². The molecule has 1 aromatic carbocycles. The van der Waals surface area contributed by atoms with Crippen molar-refractivity contribution in [1.29, 1.82) is 0 Å². The Kier molecular flexibility index (Phi) is 5.36. The van der Waals surface area contributed by atoms with E-state index in [1.54, 1.807) is 4.90 Å². The number of nitrogens with two attached hydrogens (primary N) is 1. The minimum Gasteiger partial charge on any atom is -0.351 e. The molecule has 0 saturated carbocycles. The number of fused-ring (bicyclic) bond motifs is 2. The van der Waals surface area contributed by atoms with E-state index in [1.807, 2.05) is 18.3 Å². The van der Waals surface area contributed by atoms with Gasteiger partial charge in [0.2, 0.25) is 0 Å². The van der Waals surface area contributed by atoms with Crippen molar-refractivity contribution < 1.29 is 4.79 Å². The second-order valence-corrected chi connectivity index (χ2v) is 9.06. The number of carbonyl (C=O) groups is 1. The molecule has 0 bridgehead atoms. The molecule has 1 fully saturated rings. The Morgan fingerprint density at radius 2 is 1.85 bits per heavy atom. The van der Waals surface area contributed by atoms with Crippen LogP contribution in [0.5, 0.6) is 0 Å². The summed E-state index contributed by atoms with van der Waals surface area (Å²) < 4.78 is 0.985. The molecule has 1 atom stereocenters. The number of benzene rings is 1. The molecule has 1 aromatic heterocycles. The maximum atomic E-state index is 11.5. The first-order valence-electron chi connectivity index (χ1n) is 9.10. The molecule has 0 radical (unpaired) electrons. The number of pyridine rings is 1. The van der Waals surface area contributed by atoms with Gasteiger partial charge < -0.3 is 10.6 Å². The number of rotatable bonds is 1. The molecular weight excluding hydrogens is 449 g/mol. The maximum absolute atomic E-state index is 11.5. The highest BCUT2D eigenvalue weighted by Gasteiger charge is 2.36. The van der Waals surface area contributed by atoms with Crippen LogP contribution in [0, 0.1) is 5.92 Å². The average Bonchev–Trinajstić information content (AvgIpc) is 2.78. The second-order valence-electron chi connectivity index (χ2n) is 7.30. The van der Waals surface area contributed by atoms with Gasteiger partial charge in [0, 0.05) is 39.7 Å². The van der Waals surface area contributed by atoms with Crippen LogP contribution >= 0.6 is 39.1 Å². The van der Waals surface area contributed by atoms with E-state index in [2.05, 4.69) is 22.0 Å². The number of aryl methyl sites for hydroxylation is 2. The SMILES string of the molecule is NC(=O)N1CCC(C2c3ncc(Br)cc3CCc3cc(Cl)cc(Cl)c32)CC1. The smallest absolute Gasteiger partial charge is 0.314 e. The molecule has 7 heteroatoms. The van der Waals surface area contributed by atoms with Crippen molar-refractivity contribution >= 4 is 45.2 Å². The summed E-state index contributed by atoms with van der Waals surface area (Å²) in [5.41, 5.74) is 10.1. The lowest BCUT2D eigenvalue weighted by molar-refractivity contribution is 0.174. The fraction of sp³-hybridized carbons (Fsp3) is 0.400. The van der Waals surface area contributed by atoms with E-state index in [1.165, 1.54) is 11.1 Å². The Balaban J connectivity index is 1.80. The van der Waals surface area contributed by atoms with Gasteiger partial charge in [0.15, 0.2) is 0 Å². The first-order chi connectivity index (χ1) is 12.9. The number of primary amides is 1. The van der Waals surface area contributed by atoms with Gasteiger partial charge in [-0.1, -0.05) is 23.2 Å². The molecule has 1 saturated heterocycles. The van der Waals surface area contributed by atoms with Crippen molar-refractivity contribution in [2.45, 2.75) is 31.6 Å². The predicted molar refractivity (Wildman–Crippen MR) is 112 cm³/mol. The number of likely N-dealkylation sites (tertiary alicyclic amines) is 1. The molecule has 2 N–H and O–H groups in total. The van der Waals surface area contributed by atoms with Crippen LogP contribution in [0.1, 0.15) is 41.1 Å². The predicted octanol–water partition coefficient (Wildman–Crippen LogP) is 5.17. The number of urea groups is 1. The highest BCUT2D eigenvalue weighted by Crippen LogP contribution is 2.46. The number of piperidine rings is 1. The zero-order valence-corrected chi connectivity index (χ0v) is 17.8. The third kappa shape index (κ3) is 3.69. The molecule has 2 amide bonds. The first-order valence-corrected chi connectivity index (χ1v) is 10.7. The largest absolute Gasteiger partial charge is 0.351 e. The van der Waals surface area contributed by atoms with Gasteiger partial charge in [-0.3, -0.25) is 4.98 Å². The van der Waals surface area contributed by atoms with Crippen LogP contribution in [0.2, 0.25) is 10.0 Å². The summed E-state index contributed by atoms with van der Waals surface area (Å²) in [7, 11) is 0. The monoisotopic (exact) mass is 467 g/mol. The highest BCUT2D eigenvalue weighted by molar-refractivity contribution is 9.10. The average molecular weight is 469 g/mol. The lowest BCUT2D eigenvalue weighted by atomic mass is 9.76. The highest BCUT2D eigenvalue weighted by atomic mass is 79.9. The number of amides is 2. The van der Waals surface area contributed by atoms with Crippen molar-refractivity contribution in [3.8, 4) is 0 Å². The fourth-order valence-electron chi connectivity index (χ4n) is 4.48. The summed E-state index contributed by atoms with van der Waals surface area (Å²) >= 11 is 16.5. The van der Waals surface area contributed by atoms with Crippen LogP contribution in [0.4, 0.5) is 4.79 Å². The van der Waals surface area contributed by atoms with E-state index in [-0.39, 0.29) is 11.9 Å². The van der Waals surface area contributed by atoms with Crippen LogP contribution < -0.4 is 5.73 Å². The minimum atomic E-state index is -0.345. The maximum Gasteiger partial charge on any atom is 0.314 e. The third-order valence-corrected chi connectivity index (χ3v) is 6.70. The molecule has 4 nitrogen and oxygen atoms in total. The van der Waals surface area contributed by atoms with Gasteiger partial charge >= 0.3 is 6.03 Å². The molecule has 1 aliphatic carbocycles. The Hall–Kier alpha value is -1.30. The topological polar surface area (TPSA) is 59.2 Å². The Morgan fingerprint density at radius 3 is 2.56 bits per heavy atom. The molecular formula is C20H20BrCl2N3O. The molecule has 142 valence electrons. The van der Waals surface area contributed by atoms with Crippen LogP contribution in [-0.4, -0.2) is 29.0 Å². The normalized spacial score (nSPS) is 20.0. The van der Waals surface area contributed by atoms with E-state index in [0.29, 0.717) is 29.1 Å². The van der Waals surface area contributed by atoms with Crippen LogP contribution in [0.15, 0.2) is 28.9 Å². The van der Waals surface area contributed by atoms with Gasteiger partial charge in [-0.25, -0.2) is 4.79 Å². The fourth-order valence-corrected chi connectivity index (χ4v) is 5.52. The van der Waals surface area contributed by atoms with E-state index in [9.17, 15) is 4.79 Å². The molecule has 1 aliphatic heterocycles. The van der Waals surface area contributed by atoms with Gasteiger partial charge in [0.1, 0.15) is 0 Å². The van der Waals surface area contributed by atoms with Crippen molar-refractivity contribution in [2.75, 3.05) is 13.1 Å². The van der Waals surface area contributed by atoms with Crippen molar-refractivity contribution in [3.63, 3.8) is 0 Å². The Bertz CT molecular complexity index is 897. The zero-order valence-electron chi connectivity index (χ0n) is 14.7. The van der Waals surface area contributed by atoms with Crippen molar-refractivity contribution in [1.82, 2.24) is 9.88 Å². The lowest BCUT2D eigenvalue weighted by Crippen LogP contribution is -2.42. The quantitative estimate of drug-likeness (QED) is 0.627. The number of hydrogen-bond donors (Lipinski definition) is 1. The molecule has 2 aromatic rings. The summed E-state index contributed by atoms with van der Waals surface area (Å²) in [4.78, 5) is 18.0. The van der Waals surface area contributed by atoms with E-state index in [0.717, 1.165) is 41.4 Å². The van der Waals surface area contributed by atoms with E-state index < -0.39 is 0 Å². The van der Waals surface area contributed by atoms with Crippen LogP contribution in [-0.2, 0) is 12.8 Å². The number of carbonyl (C=O) groups excluding carboxylic acids is 1. The molecule has 4 rings (SSSR count). The number of aromatic nitrogens is 1. The third-order valence-electron chi connectivity index (χ3n) is 5.74. The summed E-state index contributed by atoms with van der Waals surface area (Å²) in [6.45, 7) is 1.34. The van der Waals surface area contributed by atoms with Gasteiger partial charge in [0.05, 0.1) is 5.69 Å². The molecule has 2 aliphatic rings. The van der Waals surface area contributed by atoms with E-state index >= 15 is 0 Å². The van der Waals surface area contributed by atoms with Crippen molar-refractivity contribution in [2.24, 2.45) is 11.7 Å². The molecule has 1 unspecified atom stereocenters. The van der Waals surface area contributed by atoms with Crippen LogP contribution in [0.25, 0.3) is 0 Å². The molecule has 0 spiro atoms. The van der Waals surface area contributed by atoms with Gasteiger partial charge in [0.25, 0.3) is 0 Å². The first kappa shape index (κ1) is 19.0. The Morgan fingerprint density at radius 1 is 1.15 bits per heavy atom. The van der Waals surface area contributed by atoms with Crippen LogP contribution in [0.3, 0.4) is 0 Å². The zero-order chi connectivity index (χ0) is 19.1. The number of hydrogen-bond acceptors (Lipinski definition) is 2. The minimum absolute atomic E-state index is 0.102. The Labute approximate surface area is 177 Å². The lowest BCUT2D eigenvalue weighted by Gasteiger charge is -2.36.